The van der Waals surface area contributed by atoms with Gasteiger partial charge in [0.15, 0.2) is 5.11 Å². The lowest BCUT2D eigenvalue weighted by Gasteiger charge is -2.23. The fourth-order valence-electron chi connectivity index (χ4n) is 1.21. The van der Waals surface area contributed by atoms with Crippen LogP contribution in [0.4, 0.5) is 0 Å². The molecule has 6 heteroatoms. The summed E-state index contributed by atoms with van der Waals surface area (Å²) >= 11 is 4.87. The number of nitrogens with zero attached hydrogens (tertiary/aromatic N) is 4. The lowest BCUT2D eigenvalue weighted by Crippen LogP contribution is -2.36. The predicted molar refractivity (Wildman–Crippen MR) is 58.8 cm³/mol. The van der Waals surface area contributed by atoms with E-state index >= 15 is 0 Å². The van der Waals surface area contributed by atoms with Crippen LogP contribution in [0.1, 0.15) is 19.4 Å². The van der Waals surface area contributed by atoms with E-state index in [0.29, 0.717) is 5.11 Å². The Hall–Kier alpha value is -1.17. The van der Waals surface area contributed by atoms with Gasteiger partial charge in [-0.15, -0.1) is 0 Å². The summed E-state index contributed by atoms with van der Waals surface area (Å²) in [6.07, 6.45) is 4.21. The lowest BCUT2D eigenvalue weighted by atomic mass is 10.2. The number of hydrogen-bond acceptors (Lipinski definition) is 3. The number of aromatic nitrogens is 3. The fourth-order valence-corrected chi connectivity index (χ4v) is 1.29. The minimum absolute atomic E-state index is 0.268. The van der Waals surface area contributed by atoms with Crippen LogP contribution in [0.2, 0.25) is 0 Å². The topological polar surface area (TPSA) is 60.0 Å². The summed E-state index contributed by atoms with van der Waals surface area (Å²) in [5, 5.41) is 4.50. The zero-order valence-electron chi connectivity index (χ0n) is 8.42. The summed E-state index contributed by atoms with van der Waals surface area (Å²) in [7, 11) is 1.88. The van der Waals surface area contributed by atoms with Crippen molar-refractivity contribution in [2.75, 3.05) is 13.6 Å². The second kappa shape index (κ2) is 4.90. The molecule has 1 aromatic heterocycles. The Balaban J connectivity index is 2.60. The van der Waals surface area contributed by atoms with Gasteiger partial charge in [0.05, 0.1) is 6.04 Å². The smallest absolute Gasteiger partial charge is 0.166 e. The molecule has 1 heterocycles. The molecule has 0 radical (unpaired) electrons. The van der Waals surface area contributed by atoms with Gasteiger partial charge >= 0.3 is 0 Å². The standard InChI is InChI=1S/C8H15N5S/c1-3-7(4-12(2)8(9)14)13-6-10-5-11-13/h5-7H,3-4H2,1-2H3,(H2,9,14). The molecule has 0 saturated heterocycles. The van der Waals surface area contributed by atoms with Crippen LogP contribution in [-0.2, 0) is 0 Å². The fraction of sp³-hybridized carbons (Fsp3) is 0.625. The van der Waals surface area contributed by atoms with Crippen molar-refractivity contribution in [1.82, 2.24) is 19.7 Å². The molecule has 78 valence electrons. The normalized spacial score (nSPS) is 12.4. The molecule has 2 N–H and O–H groups in total. The third-order valence-corrected chi connectivity index (χ3v) is 2.45. The van der Waals surface area contributed by atoms with E-state index in [1.807, 2.05) is 16.6 Å². The van der Waals surface area contributed by atoms with Gasteiger partial charge in [-0.3, -0.25) is 0 Å². The average Bonchev–Trinajstić information content (AvgIpc) is 2.66. The van der Waals surface area contributed by atoms with Gasteiger partial charge in [0.2, 0.25) is 0 Å². The second-order valence-electron chi connectivity index (χ2n) is 3.16. The first-order chi connectivity index (χ1) is 6.65. The Morgan fingerprint density at radius 1 is 1.71 bits per heavy atom. The molecule has 0 aromatic carbocycles. The SMILES string of the molecule is CCC(CN(C)C(N)=S)n1cncn1. The molecule has 1 rings (SSSR count). The van der Waals surface area contributed by atoms with E-state index in [1.165, 1.54) is 6.33 Å². The first-order valence-corrected chi connectivity index (χ1v) is 4.90. The van der Waals surface area contributed by atoms with Crippen molar-refractivity contribution >= 4 is 17.3 Å². The van der Waals surface area contributed by atoms with E-state index in [9.17, 15) is 0 Å². The van der Waals surface area contributed by atoms with Crippen LogP contribution in [0.3, 0.4) is 0 Å². The van der Waals surface area contributed by atoms with Crippen molar-refractivity contribution < 1.29 is 0 Å². The van der Waals surface area contributed by atoms with Crippen molar-refractivity contribution in [3.8, 4) is 0 Å². The zero-order valence-corrected chi connectivity index (χ0v) is 9.24. The molecule has 0 aliphatic rings. The third kappa shape index (κ3) is 2.66. The molecule has 1 atom stereocenters. The Morgan fingerprint density at radius 3 is 2.86 bits per heavy atom. The molecule has 0 amide bonds. The van der Waals surface area contributed by atoms with E-state index < -0.39 is 0 Å². The van der Waals surface area contributed by atoms with Crippen molar-refractivity contribution in [2.24, 2.45) is 5.73 Å². The number of thiocarbonyl (C=S) groups is 1. The van der Waals surface area contributed by atoms with Gasteiger partial charge in [0, 0.05) is 13.6 Å². The Bertz CT molecular complexity index is 284. The van der Waals surface area contributed by atoms with Crippen molar-refractivity contribution in [3.05, 3.63) is 12.7 Å². The maximum absolute atomic E-state index is 5.50. The van der Waals surface area contributed by atoms with Crippen molar-refractivity contribution in [2.45, 2.75) is 19.4 Å². The van der Waals surface area contributed by atoms with E-state index in [4.69, 9.17) is 18.0 Å². The highest BCUT2D eigenvalue weighted by atomic mass is 32.1. The lowest BCUT2D eigenvalue weighted by molar-refractivity contribution is 0.346. The largest absolute Gasteiger partial charge is 0.376 e. The molecule has 0 spiro atoms. The Kier molecular flexibility index (Phi) is 3.82. The number of rotatable bonds is 4. The van der Waals surface area contributed by atoms with Gasteiger partial charge < -0.3 is 10.6 Å². The van der Waals surface area contributed by atoms with Gasteiger partial charge in [-0.05, 0) is 18.6 Å². The van der Waals surface area contributed by atoms with Crippen LogP contribution < -0.4 is 5.73 Å². The van der Waals surface area contributed by atoms with Gasteiger partial charge in [-0.25, -0.2) is 9.67 Å². The van der Waals surface area contributed by atoms with Crippen LogP contribution in [0.15, 0.2) is 12.7 Å². The maximum atomic E-state index is 5.50. The summed E-state index contributed by atoms with van der Waals surface area (Å²) in [6, 6.07) is 0.268. The molecule has 5 nitrogen and oxygen atoms in total. The first kappa shape index (κ1) is 10.9. The zero-order chi connectivity index (χ0) is 10.6. The Morgan fingerprint density at radius 2 is 2.43 bits per heavy atom. The third-order valence-electron chi connectivity index (χ3n) is 2.14. The summed E-state index contributed by atoms with van der Waals surface area (Å²) < 4.78 is 1.83. The second-order valence-corrected chi connectivity index (χ2v) is 3.57. The van der Waals surface area contributed by atoms with Gasteiger partial charge in [0.25, 0.3) is 0 Å². The molecule has 0 aliphatic heterocycles. The monoisotopic (exact) mass is 213 g/mol. The van der Waals surface area contributed by atoms with Crippen molar-refractivity contribution in [3.63, 3.8) is 0 Å². The quantitative estimate of drug-likeness (QED) is 0.734. The van der Waals surface area contributed by atoms with Crippen LogP contribution in [-0.4, -0.2) is 38.4 Å². The molecule has 0 bridgehead atoms. The summed E-state index contributed by atoms with van der Waals surface area (Å²) in [6.45, 7) is 2.86. The van der Waals surface area contributed by atoms with E-state index in [1.54, 1.807) is 6.33 Å². The summed E-state index contributed by atoms with van der Waals surface area (Å²) in [5.74, 6) is 0. The molecule has 14 heavy (non-hydrogen) atoms. The Labute approximate surface area is 88.9 Å². The van der Waals surface area contributed by atoms with E-state index in [0.717, 1.165) is 13.0 Å². The minimum atomic E-state index is 0.268. The molecular weight excluding hydrogens is 198 g/mol. The molecular formula is C8H15N5S. The van der Waals surface area contributed by atoms with Crippen LogP contribution >= 0.6 is 12.2 Å². The number of likely N-dealkylation sites (N-methyl/N-ethyl adjacent to an activating group) is 1. The highest BCUT2D eigenvalue weighted by Crippen LogP contribution is 2.09. The van der Waals surface area contributed by atoms with Gasteiger partial charge in [0.1, 0.15) is 12.7 Å². The molecule has 1 aromatic rings. The van der Waals surface area contributed by atoms with Crippen molar-refractivity contribution in [1.29, 1.82) is 0 Å². The number of nitrogens with two attached hydrogens (primary N) is 1. The van der Waals surface area contributed by atoms with E-state index in [2.05, 4.69) is 17.0 Å². The van der Waals surface area contributed by atoms with Crippen LogP contribution in [0, 0.1) is 0 Å². The maximum Gasteiger partial charge on any atom is 0.166 e. The first-order valence-electron chi connectivity index (χ1n) is 4.49. The van der Waals surface area contributed by atoms with Gasteiger partial charge in [-0.1, -0.05) is 6.92 Å². The highest BCUT2D eigenvalue weighted by molar-refractivity contribution is 7.80. The van der Waals surface area contributed by atoms with Crippen LogP contribution in [0.5, 0.6) is 0 Å². The molecule has 1 unspecified atom stereocenters. The molecule has 0 saturated carbocycles. The minimum Gasteiger partial charge on any atom is -0.376 e. The molecule has 0 aliphatic carbocycles. The summed E-state index contributed by atoms with van der Waals surface area (Å²) in [4.78, 5) is 5.75. The van der Waals surface area contributed by atoms with Gasteiger partial charge in [-0.2, -0.15) is 5.10 Å². The van der Waals surface area contributed by atoms with E-state index in [-0.39, 0.29) is 6.04 Å². The summed E-state index contributed by atoms with van der Waals surface area (Å²) in [5.41, 5.74) is 5.50. The average molecular weight is 213 g/mol. The molecule has 0 fully saturated rings. The van der Waals surface area contributed by atoms with Crippen LogP contribution in [0.25, 0.3) is 0 Å². The predicted octanol–water partition coefficient (Wildman–Crippen LogP) is 0.405. The highest BCUT2D eigenvalue weighted by Gasteiger charge is 2.12. The number of hydrogen-bond donors (Lipinski definition) is 1.